The molecule has 4 rings (SSSR count). The largest absolute Gasteiger partial charge is 0.354 e. The molecule has 1 aliphatic heterocycles. The third-order valence-corrected chi connectivity index (χ3v) is 5.00. The van der Waals surface area contributed by atoms with E-state index >= 15 is 0 Å². The molecule has 3 amide bonds. The van der Waals surface area contributed by atoms with Crippen molar-refractivity contribution in [2.24, 2.45) is 0 Å². The molecule has 0 spiro atoms. The van der Waals surface area contributed by atoms with Gasteiger partial charge in [-0.3, -0.25) is 14.7 Å². The Morgan fingerprint density at radius 3 is 2.72 bits per heavy atom. The number of fused-ring (bicyclic) bond motifs is 1. The smallest absolute Gasteiger partial charge is 0.326 e. The Morgan fingerprint density at radius 1 is 1.03 bits per heavy atom. The zero-order chi connectivity index (χ0) is 20.2. The molecule has 2 heterocycles. The molecule has 6 nitrogen and oxygen atoms in total. The summed E-state index contributed by atoms with van der Waals surface area (Å²) in [6, 6.07) is 19.3. The van der Waals surface area contributed by atoms with E-state index in [1.807, 2.05) is 48.5 Å². The SMILES string of the molecule is CNC(=O)c1cc(Cc2cccc(NC(=O)N3CCc4ccccc43)c2)ccn1. The summed E-state index contributed by atoms with van der Waals surface area (Å²) in [5.41, 5.74) is 5.33. The number of amides is 3. The van der Waals surface area contributed by atoms with E-state index in [0.717, 1.165) is 28.9 Å². The zero-order valence-corrected chi connectivity index (χ0v) is 16.2. The number of benzene rings is 2. The van der Waals surface area contributed by atoms with Gasteiger partial charge in [-0.15, -0.1) is 0 Å². The minimum atomic E-state index is -0.209. The highest BCUT2D eigenvalue weighted by Gasteiger charge is 2.24. The Labute approximate surface area is 169 Å². The minimum absolute atomic E-state index is 0.127. The Kier molecular flexibility index (Phi) is 5.24. The predicted molar refractivity (Wildman–Crippen MR) is 113 cm³/mol. The molecule has 2 aromatic carbocycles. The number of rotatable bonds is 4. The number of nitrogens with zero attached hydrogens (tertiary/aromatic N) is 2. The molecular formula is C23H22N4O2. The standard InChI is InChI=1S/C23H22N4O2/c1-24-22(28)20-15-17(9-11-25-20)13-16-5-4-7-19(14-16)26-23(29)27-12-10-18-6-2-3-8-21(18)27/h2-9,11,14-15H,10,12-13H2,1H3,(H,24,28)(H,26,29). The molecule has 146 valence electrons. The molecule has 0 saturated heterocycles. The number of para-hydroxylation sites is 1. The lowest BCUT2D eigenvalue weighted by Crippen LogP contribution is -2.33. The molecule has 3 aromatic rings. The third-order valence-electron chi connectivity index (χ3n) is 5.00. The number of carbonyl (C=O) groups is 2. The molecule has 0 unspecified atom stereocenters. The van der Waals surface area contributed by atoms with Gasteiger partial charge in [-0.25, -0.2) is 4.79 Å². The van der Waals surface area contributed by atoms with Gasteiger partial charge in [0.15, 0.2) is 0 Å². The van der Waals surface area contributed by atoms with Crippen molar-refractivity contribution in [2.45, 2.75) is 12.8 Å². The van der Waals surface area contributed by atoms with E-state index in [1.165, 1.54) is 5.56 Å². The number of urea groups is 1. The van der Waals surface area contributed by atoms with Crippen molar-refractivity contribution in [2.75, 3.05) is 23.8 Å². The minimum Gasteiger partial charge on any atom is -0.354 e. The lowest BCUT2D eigenvalue weighted by Gasteiger charge is -2.18. The second-order valence-electron chi connectivity index (χ2n) is 6.97. The molecule has 1 aliphatic rings. The van der Waals surface area contributed by atoms with Gasteiger partial charge in [-0.05, 0) is 59.9 Å². The van der Waals surface area contributed by atoms with Gasteiger partial charge in [0.05, 0.1) is 0 Å². The monoisotopic (exact) mass is 386 g/mol. The number of carbonyl (C=O) groups excluding carboxylic acids is 2. The van der Waals surface area contributed by atoms with E-state index in [2.05, 4.69) is 21.7 Å². The maximum Gasteiger partial charge on any atom is 0.326 e. The average Bonchev–Trinajstić information content (AvgIpc) is 3.18. The molecular weight excluding hydrogens is 364 g/mol. The first-order valence-electron chi connectivity index (χ1n) is 9.56. The van der Waals surface area contributed by atoms with Crippen molar-refractivity contribution in [3.63, 3.8) is 0 Å². The summed E-state index contributed by atoms with van der Waals surface area (Å²) in [4.78, 5) is 30.4. The van der Waals surface area contributed by atoms with Crippen LogP contribution in [0, 0.1) is 0 Å². The molecule has 0 atom stereocenters. The Bertz CT molecular complexity index is 1060. The predicted octanol–water partition coefficient (Wildman–Crippen LogP) is 3.63. The van der Waals surface area contributed by atoms with Gasteiger partial charge in [0, 0.05) is 31.2 Å². The average molecular weight is 386 g/mol. The van der Waals surface area contributed by atoms with Crippen molar-refractivity contribution in [3.8, 4) is 0 Å². The maximum atomic E-state index is 12.8. The summed E-state index contributed by atoms with van der Waals surface area (Å²) in [7, 11) is 1.58. The number of nitrogens with one attached hydrogen (secondary N) is 2. The second-order valence-corrected chi connectivity index (χ2v) is 6.97. The van der Waals surface area contributed by atoms with E-state index in [0.29, 0.717) is 18.7 Å². The van der Waals surface area contributed by atoms with Crippen LogP contribution in [0.1, 0.15) is 27.2 Å². The quantitative estimate of drug-likeness (QED) is 0.719. The molecule has 0 aliphatic carbocycles. The summed E-state index contributed by atoms with van der Waals surface area (Å²) in [5.74, 6) is -0.209. The van der Waals surface area contributed by atoms with Crippen molar-refractivity contribution in [1.29, 1.82) is 0 Å². The molecule has 0 saturated carbocycles. The normalized spacial score (nSPS) is 12.4. The van der Waals surface area contributed by atoms with Gasteiger partial charge in [0.25, 0.3) is 5.91 Å². The van der Waals surface area contributed by atoms with Crippen LogP contribution in [-0.4, -0.2) is 30.5 Å². The molecule has 0 bridgehead atoms. The summed E-state index contributed by atoms with van der Waals surface area (Å²) in [6.07, 6.45) is 3.15. The number of anilines is 2. The first kappa shape index (κ1) is 18.7. The summed E-state index contributed by atoms with van der Waals surface area (Å²) < 4.78 is 0. The fraction of sp³-hybridized carbons (Fsp3) is 0.174. The van der Waals surface area contributed by atoms with Crippen LogP contribution >= 0.6 is 0 Å². The Balaban J connectivity index is 1.47. The van der Waals surface area contributed by atoms with Gasteiger partial charge in [0.1, 0.15) is 5.69 Å². The van der Waals surface area contributed by atoms with Gasteiger partial charge < -0.3 is 10.6 Å². The van der Waals surface area contributed by atoms with Gasteiger partial charge >= 0.3 is 6.03 Å². The lowest BCUT2D eigenvalue weighted by molar-refractivity contribution is 0.0958. The van der Waals surface area contributed by atoms with Gasteiger partial charge in [-0.1, -0.05) is 30.3 Å². The molecule has 0 radical (unpaired) electrons. The Morgan fingerprint density at radius 2 is 1.86 bits per heavy atom. The lowest BCUT2D eigenvalue weighted by atomic mass is 10.0. The van der Waals surface area contributed by atoms with Crippen LogP contribution in [0.2, 0.25) is 0 Å². The first-order chi connectivity index (χ1) is 14.1. The number of hydrogen-bond donors (Lipinski definition) is 2. The first-order valence-corrected chi connectivity index (χ1v) is 9.56. The molecule has 6 heteroatoms. The molecule has 2 N–H and O–H groups in total. The summed E-state index contributed by atoms with van der Waals surface area (Å²) in [5, 5.41) is 5.58. The van der Waals surface area contributed by atoms with Crippen LogP contribution in [0.4, 0.5) is 16.2 Å². The summed E-state index contributed by atoms with van der Waals surface area (Å²) in [6.45, 7) is 0.685. The van der Waals surface area contributed by atoms with E-state index in [9.17, 15) is 9.59 Å². The number of aromatic nitrogens is 1. The van der Waals surface area contributed by atoms with E-state index in [-0.39, 0.29) is 11.9 Å². The third kappa shape index (κ3) is 4.11. The molecule has 1 aromatic heterocycles. The van der Waals surface area contributed by atoms with Gasteiger partial charge in [0.2, 0.25) is 0 Å². The van der Waals surface area contributed by atoms with Crippen LogP contribution in [0.3, 0.4) is 0 Å². The van der Waals surface area contributed by atoms with E-state index < -0.39 is 0 Å². The maximum absolute atomic E-state index is 12.8. The highest BCUT2D eigenvalue weighted by atomic mass is 16.2. The van der Waals surface area contributed by atoms with E-state index in [1.54, 1.807) is 24.2 Å². The van der Waals surface area contributed by atoms with Crippen LogP contribution in [-0.2, 0) is 12.8 Å². The van der Waals surface area contributed by atoms with Gasteiger partial charge in [-0.2, -0.15) is 0 Å². The molecule has 29 heavy (non-hydrogen) atoms. The topological polar surface area (TPSA) is 74.3 Å². The molecule has 0 fully saturated rings. The van der Waals surface area contributed by atoms with Crippen LogP contribution in [0.15, 0.2) is 66.9 Å². The highest BCUT2D eigenvalue weighted by molar-refractivity contribution is 6.03. The zero-order valence-electron chi connectivity index (χ0n) is 16.2. The van der Waals surface area contributed by atoms with Crippen molar-refractivity contribution in [1.82, 2.24) is 10.3 Å². The van der Waals surface area contributed by atoms with Crippen molar-refractivity contribution in [3.05, 3.63) is 89.2 Å². The fourth-order valence-corrected chi connectivity index (χ4v) is 3.57. The Hall–Kier alpha value is -3.67. The van der Waals surface area contributed by atoms with Crippen LogP contribution in [0.5, 0.6) is 0 Å². The van der Waals surface area contributed by atoms with Crippen LogP contribution in [0.25, 0.3) is 0 Å². The fourth-order valence-electron chi connectivity index (χ4n) is 3.57. The van der Waals surface area contributed by atoms with Crippen molar-refractivity contribution < 1.29 is 9.59 Å². The van der Waals surface area contributed by atoms with Crippen molar-refractivity contribution >= 4 is 23.3 Å². The number of hydrogen-bond acceptors (Lipinski definition) is 3. The van der Waals surface area contributed by atoms with E-state index in [4.69, 9.17) is 0 Å². The van der Waals surface area contributed by atoms with Crippen LogP contribution < -0.4 is 15.5 Å². The number of pyridine rings is 1. The summed E-state index contributed by atoms with van der Waals surface area (Å²) >= 11 is 0. The highest BCUT2D eigenvalue weighted by Crippen LogP contribution is 2.28. The second kappa shape index (κ2) is 8.14.